The standard InChI is InChI=1S/C11H16BrNO.ClH/c1-7(2)5-11(13)9-6-8(14)3-4-10(9)12;/h3-4,6-7,11,14H,5,13H2,1-2H3;1H/t11-;/m0./s1. The van der Waals surface area contributed by atoms with Crippen LogP contribution in [-0.2, 0) is 0 Å². The van der Waals surface area contributed by atoms with E-state index < -0.39 is 0 Å². The number of halogens is 2. The third kappa shape index (κ3) is 4.41. The van der Waals surface area contributed by atoms with Crippen LogP contribution in [-0.4, -0.2) is 5.11 Å². The first-order chi connectivity index (χ1) is 6.50. The van der Waals surface area contributed by atoms with Crippen molar-refractivity contribution in [3.63, 3.8) is 0 Å². The van der Waals surface area contributed by atoms with Crippen LogP contribution < -0.4 is 5.73 Å². The van der Waals surface area contributed by atoms with Crippen LogP contribution in [0.15, 0.2) is 22.7 Å². The van der Waals surface area contributed by atoms with Gasteiger partial charge in [-0.15, -0.1) is 12.4 Å². The SMILES string of the molecule is CC(C)C[C@H](N)c1cc(O)ccc1Br.Cl. The van der Waals surface area contributed by atoms with Crippen LogP contribution in [0.4, 0.5) is 0 Å². The van der Waals surface area contributed by atoms with Gasteiger partial charge >= 0.3 is 0 Å². The van der Waals surface area contributed by atoms with E-state index in [2.05, 4.69) is 29.8 Å². The summed E-state index contributed by atoms with van der Waals surface area (Å²) in [6.45, 7) is 4.27. The zero-order valence-corrected chi connectivity index (χ0v) is 11.3. The van der Waals surface area contributed by atoms with Crippen molar-refractivity contribution in [3.8, 4) is 5.75 Å². The van der Waals surface area contributed by atoms with Gasteiger partial charge in [-0.3, -0.25) is 0 Å². The summed E-state index contributed by atoms with van der Waals surface area (Å²) in [7, 11) is 0. The van der Waals surface area contributed by atoms with Crippen LogP contribution in [0, 0.1) is 5.92 Å². The van der Waals surface area contributed by atoms with Crippen LogP contribution >= 0.6 is 28.3 Å². The first kappa shape index (κ1) is 14.8. The number of hydrogen-bond acceptors (Lipinski definition) is 2. The van der Waals surface area contributed by atoms with Gasteiger partial charge < -0.3 is 10.8 Å². The minimum Gasteiger partial charge on any atom is -0.508 e. The zero-order valence-electron chi connectivity index (χ0n) is 8.90. The Hall–Kier alpha value is -0.250. The molecule has 0 bridgehead atoms. The predicted molar refractivity (Wildman–Crippen MR) is 69.4 cm³/mol. The molecule has 0 aliphatic rings. The zero-order chi connectivity index (χ0) is 10.7. The maximum absolute atomic E-state index is 9.34. The third-order valence-corrected chi connectivity index (χ3v) is 2.83. The van der Waals surface area contributed by atoms with Crippen molar-refractivity contribution in [2.75, 3.05) is 0 Å². The number of phenols is 1. The molecule has 0 saturated heterocycles. The Morgan fingerprint density at radius 1 is 1.40 bits per heavy atom. The lowest BCUT2D eigenvalue weighted by Crippen LogP contribution is -2.13. The maximum Gasteiger partial charge on any atom is 0.115 e. The van der Waals surface area contributed by atoms with E-state index in [-0.39, 0.29) is 24.2 Å². The van der Waals surface area contributed by atoms with Crippen LogP contribution in [0.1, 0.15) is 31.9 Å². The van der Waals surface area contributed by atoms with Crippen molar-refractivity contribution in [1.29, 1.82) is 0 Å². The molecule has 86 valence electrons. The fourth-order valence-electron chi connectivity index (χ4n) is 1.45. The highest BCUT2D eigenvalue weighted by Crippen LogP contribution is 2.29. The maximum atomic E-state index is 9.34. The topological polar surface area (TPSA) is 46.2 Å². The molecule has 1 atom stereocenters. The number of benzene rings is 1. The normalized spacial score (nSPS) is 12.3. The highest BCUT2D eigenvalue weighted by molar-refractivity contribution is 9.10. The van der Waals surface area contributed by atoms with Gasteiger partial charge in [0.2, 0.25) is 0 Å². The van der Waals surface area contributed by atoms with E-state index in [1.807, 2.05) is 6.07 Å². The van der Waals surface area contributed by atoms with Gasteiger partial charge in [0.15, 0.2) is 0 Å². The summed E-state index contributed by atoms with van der Waals surface area (Å²) in [6, 6.07) is 5.17. The molecule has 0 aliphatic carbocycles. The summed E-state index contributed by atoms with van der Waals surface area (Å²) in [5, 5.41) is 9.34. The Kier molecular flexibility index (Phi) is 6.25. The molecule has 4 heteroatoms. The van der Waals surface area contributed by atoms with E-state index >= 15 is 0 Å². The Morgan fingerprint density at radius 3 is 2.53 bits per heavy atom. The van der Waals surface area contributed by atoms with Crippen LogP contribution in [0.3, 0.4) is 0 Å². The van der Waals surface area contributed by atoms with Crippen LogP contribution in [0.5, 0.6) is 5.75 Å². The predicted octanol–water partition coefficient (Wildman–Crippen LogP) is 3.62. The molecule has 1 rings (SSSR count). The summed E-state index contributed by atoms with van der Waals surface area (Å²) in [5.41, 5.74) is 7.00. The summed E-state index contributed by atoms with van der Waals surface area (Å²) in [5.74, 6) is 0.821. The van der Waals surface area contributed by atoms with Crippen molar-refractivity contribution >= 4 is 28.3 Å². The van der Waals surface area contributed by atoms with Gasteiger partial charge in [-0.1, -0.05) is 29.8 Å². The molecule has 0 aliphatic heterocycles. The second-order valence-electron chi connectivity index (χ2n) is 3.94. The highest BCUT2D eigenvalue weighted by atomic mass is 79.9. The molecule has 0 fully saturated rings. The molecule has 0 saturated carbocycles. The highest BCUT2D eigenvalue weighted by Gasteiger charge is 2.12. The number of aromatic hydroxyl groups is 1. The van der Waals surface area contributed by atoms with Crippen molar-refractivity contribution in [2.45, 2.75) is 26.3 Å². The van der Waals surface area contributed by atoms with E-state index in [0.29, 0.717) is 5.92 Å². The fourth-order valence-corrected chi connectivity index (χ4v) is 1.99. The van der Waals surface area contributed by atoms with Crippen molar-refractivity contribution < 1.29 is 5.11 Å². The number of rotatable bonds is 3. The molecule has 0 aromatic heterocycles. The van der Waals surface area contributed by atoms with E-state index in [0.717, 1.165) is 16.5 Å². The largest absolute Gasteiger partial charge is 0.508 e. The second-order valence-corrected chi connectivity index (χ2v) is 4.80. The number of nitrogens with two attached hydrogens (primary N) is 1. The van der Waals surface area contributed by atoms with Crippen molar-refractivity contribution in [1.82, 2.24) is 0 Å². The van der Waals surface area contributed by atoms with Gasteiger partial charge in [0.25, 0.3) is 0 Å². The first-order valence-corrected chi connectivity index (χ1v) is 5.54. The fraction of sp³-hybridized carbons (Fsp3) is 0.455. The van der Waals surface area contributed by atoms with Crippen molar-refractivity contribution in [2.24, 2.45) is 11.7 Å². The molecule has 0 amide bonds. The molecule has 0 radical (unpaired) electrons. The lowest BCUT2D eigenvalue weighted by atomic mass is 9.98. The van der Waals surface area contributed by atoms with E-state index in [9.17, 15) is 5.11 Å². The number of phenolic OH excluding ortho intramolecular Hbond substituents is 1. The first-order valence-electron chi connectivity index (χ1n) is 4.74. The monoisotopic (exact) mass is 293 g/mol. The Labute approximate surface area is 105 Å². The van der Waals surface area contributed by atoms with Crippen LogP contribution in [0.2, 0.25) is 0 Å². The summed E-state index contributed by atoms with van der Waals surface area (Å²) < 4.78 is 0.962. The minimum atomic E-state index is -0.0172. The van der Waals surface area contributed by atoms with Crippen LogP contribution in [0.25, 0.3) is 0 Å². The third-order valence-electron chi connectivity index (χ3n) is 2.10. The second kappa shape index (κ2) is 6.36. The Balaban J connectivity index is 0.00000196. The Morgan fingerprint density at radius 2 is 2.00 bits per heavy atom. The molecule has 15 heavy (non-hydrogen) atoms. The lowest BCUT2D eigenvalue weighted by Gasteiger charge is -2.16. The molecule has 3 N–H and O–H groups in total. The van der Waals surface area contributed by atoms with Crippen molar-refractivity contribution in [3.05, 3.63) is 28.2 Å². The molecule has 1 aromatic carbocycles. The average molecular weight is 295 g/mol. The van der Waals surface area contributed by atoms with Gasteiger partial charge in [-0.05, 0) is 36.1 Å². The van der Waals surface area contributed by atoms with E-state index in [4.69, 9.17) is 5.73 Å². The number of hydrogen-bond donors (Lipinski definition) is 2. The molecular formula is C11H17BrClNO. The van der Waals surface area contributed by atoms with Gasteiger partial charge in [-0.25, -0.2) is 0 Å². The van der Waals surface area contributed by atoms with Gasteiger partial charge in [-0.2, -0.15) is 0 Å². The van der Waals surface area contributed by atoms with Gasteiger partial charge in [0.05, 0.1) is 0 Å². The lowest BCUT2D eigenvalue weighted by molar-refractivity contribution is 0.469. The van der Waals surface area contributed by atoms with Gasteiger partial charge in [0, 0.05) is 10.5 Å². The minimum absolute atomic E-state index is 0. The molecular weight excluding hydrogens is 277 g/mol. The summed E-state index contributed by atoms with van der Waals surface area (Å²) in [6.07, 6.45) is 0.919. The van der Waals surface area contributed by atoms with E-state index in [1.165, 1.54) is 0 Å². The summed E-state index contributed by atoms with van der Waals surface area (Å²) >= 11 is 3.43. The smallest absolute Gasteiger partial charge is 0.115 e. The van der Waals surface area contributed by atoms with E-state index in [1.54, 1.807) is 12.1 Å². The quantitative estimate of drug-likeness (QED) is 0.894. The van der Waals surface area contributed by atoms with Gasteiger partial charge in [0.1, 0.15) is 5.75 Å². The molecule has 0 heterocycles. The summed E-state index contributed by atoms with van der Waals surface area (Å²) in [4.78, 5) is 0. The Bertz CT molecular complexity index is 317. The molecule has 0 unspecified atom stereocenters. The average Bonchev–Trinajstić information content (AvgIpc) is 2.08. The molecule has 0 spiro atoms. The molecule has 2 nitrogen and oxygen atoms in total. The molecule has 1 aromatic rings.